The highest BCUT2D eigenvalue weighted by molar-refractivity contribution is 7.03. The molecule has 1 rings (SSSR count). The molecule has 0 aliphatic rings. The van der Waals surface area contributed by atoms with Gasteiger partial charge >= 0.3 is 5.97 Å². The maximum absolute atomic E-state index is 11.6. The summed E-state index contributed by atoms with van der Waals surface area (Å²) in [5, 5.41) is 16.7. The molecule has 2 N–H and O–H groups in total. The number of carboxylic acid groups (broad SMARTS) is 1. The van der Waals surface area contributed by atoms with Gasteiger partial charge in [-0.25, -0.2) is 0 Å². The zero-order valence-corrected chi connectivity index (χ0v) is 11.2. The number of aliphatic carboxylic acids is 1. The lowest BCUT2D eigenvalue weighted by atomic mass is 9.94. The predicted molar refractivity (Wildman–Crippen MR) is 67.4 cm³/mol. The normalized spacial score (nSPS) is 12.4. The Morgan fingerprint density at radius 1 is 1.50 bits per heavy atom. The van der Waals surface area contributed by atoms with Gasteiger partial charge in [0.1, 0.15) is 0 Å². The molecule has 1 aromatic rings. The van der Waals surface area contributed by atoms with E-state index in [-0.39, 0.29) is 23.9 Å². The van der Waals surface area contributed by atoms with Crippen molar-refractivity contribution in [1.29, 1.82) is 0 Å². The number of amides is 1. The Hall–Kier alpha value is -1.50. The van der Waals surface area contributed by atoms with Crippen LogP contribution in [0, 0.1) is 11.8 Å². The molecule has 0 fully saturated rings. The second-order valence-electron chi connectivity index (χ2n) is 4.59. The fourth-order valence-electron chi connectivity index (χ4n) is 1.74. The highest BCUT2D eigenvalue weighted by atomic mass is 32.1. The summed E-state index contributed by atoms with van der Waals surface area (Å²) in [7, 11) is 0. The maximum atomic E-state index is 11.6. The fourth-order valence-corrected chi connectivity index (χ4v) is 2.18. The second-order valence-corrected chi connectivity index (χ2v) is 5.20. The minimum Gasteiger partial charge on any atom is -0.481 e. The number of carbonyl (C=O) groups is 2. The van der Waals surface area contributed by atoms with E-state index in [1.54, 1.807) is 5.38 Å². The van der Waals surface area contributed by atoms with E-state index in [0.717, 1.165) is 18.0 Å². The summed E-state index contributed by atoms with van der Waals surface area (Å²) in [6.07, 6.45) is 0.829. The van der Waals surface area contributed by atoms with Crippen LogP contribution in [0.3, 0.4) is 0 Å². The van der Waals surface area contributed by atoms with Crippen LogP contribution in [-0.4, -0.2) is 33.1 Å². The molecular formula is C11H17N3O3S. The monoisotopic (exact) mass is 271 g/mol. The van der Waals surface area contributed by atoms with Crippen molar-refractivity contribution in [3.05, 3.63) is 11.1 Å². The van der Waals surface area contributed by atoms with Crippen LogP contribution in [-0.2, 0) is 4.79 Å². The lowest BCUT2D eigenvalue weighted by molar-refractivity contribution is -0.138. The third-order valence-corrected chi connectivity index (χ3v) is 2.92. The van der Waals surface area contributed by atoms with Crippen LogP contribution in [0.15, 0.2) is 5.38 Å². The third kappa shape index (κ3) is 5.22. The second kappa shape index (κ2) is 7.05. The smallest absolute Gasteiger partial charge is 0.303 e. The summed E-state index contributed by atoms with van der Waals surface area (Å²) in [6.45, 7) is 4.41. The Kier molecular flexibility index (Phi) is 5.70. The largest absolute Gasteiger partial charge is 0.481 e. The Morgan fingerprint density at radius 3 is 2.72 bits per heavy atom. The number of rotatable bonds is 7. The van der Waals surface area contributed by atoms with E-state index in [1.807, 2.05) is 13.8 Å². The van der Waals surface area contributed by atoms with Crippen molar-refractivity contribution in [2.24, 2.45) is 11.8 Å². The number of hydrogen-bond acceptors (Lipinski definition) is 5. The number of carbonyl (C=O) groups excluding carboxylic acids is 1. The first kappa shape index (κ1) is 14.6. The average molecular weight is 271 g/mol. The van der Waals surface area contributed by atoms with Gasteiger partial charge in [0.25, 0.3) is 5.91 Å². The molecule has 0 saturated heterocycles. The average Bonchev–Trinajstić information content (AvgIpc) is 2.77. The maximum Gasteiger partial charge on any atom is 0.303 e. The SMILES string of the molecule is CC(C)CC(CNC(=O)c1csnn1)CC(=O)O. The van der Waals surface area contributed by atoms with Gasteiger partial charge in [0, 0.05) is 18.3 Å². The van der Waals surface area contributed by atoms with Crippen molar-refractivity contribution < 1.29 is 14.7 Å². The van der Waals surface area contributed by atoms with Gasteiger partial charge in [0.15, 0.2) is 5.69 Å². The molecule has 1 amide bonds. The molecule has 0 aromatic carbocycles. The summed E-state index contributed by atoms with van der Waals surface area (Å²) < 4.78 is 3.60. The van der Waals surface area contributed by atoms with Crippen LogP contribution in [0.1, 0.15) is 37.2 Å². The van der Waals surface area contributed by atoms with E-state index in [0.29, 0.717) is 12.5 Å². The van der Waals surface area contributed by atoms with Gasteiger partial charge in [-0.3, -0.25) is 9.59 Å². The third-order valence-electron chi connectivity index (χ3n) is 2.41. The van der Waals surface area contributed by atoms with E-state index >= 15 is 0 Å². The molecule has 1 heterocycles. The summed E-state index contributed by atoms with van der Waals surface area (Å²) in [6, 6.07) is 0. The Labute approximate surface area is 110 Å². The summed E-state index contributed by atoms with van der Waals surface area (Å²) in [4.78, 5) is 22.4. The van der Waals surface area contributed by atoms with Crippen LogP contribution in [0.25, 0.3) is 0 Å². The van der Waals surface area contributed by atoms with Gasteiger partial charge in [0.2, 0.25) is 0 Å². The van der Waals surface area contributed by atoms with Crippen LogP contribution < -0.4 is 5.32 Å². The number of carboxylic acids is 1. The lowest BCUT2D eigenvalue weighted by Gasteiger charge is -2.17. The highest BCUT2D eigenvalue weighted by Gasteiger charge is 2.17. The summed E-state index contributed by atoms with van der Waals surface area (Å²) in [5.74, 6) is -0.807. The van der Waals surface area contributed by atoms with Crippen molar-refractivity contribution in [1.82, 2.24) is 14.9 Å². The zero-order chi connectivity index (χ0) is 13.5. The van der Waals surface area contributed by atoms with E-state index < -0.39 is 5.97 Å². The Bertz CT molecular complexity index is 392. The number of hydrogen-bond donors (Lipinski definition) is 2. The lowest BCUT2D eigenvalue weighted by Crippen LogP contribution is -2.31. The molecule has 1 unspecified atom stereocenters. The topological polar surface area (TPSA) is 92.2 Å². The van der Waals surface area contributed by atoms with E-state index in [4.69, 9.17) is 5.11 Å². The minimum atomic E-state index is -0.842. The van der Waals surface area contributed by atoms with Gasteiger partial charge < -0.3 is 10.4 Å². The minimum absolute atomic E-state index is 0.0574. The molecule has 0 saturated carbocycles. The zero-order valence-electron chi connectivity index (χ0n) is 10.4. The van der Waals surface area contributed by atoms with Crippen LogP contribution in [0.2, 0.25) is 0 Å². The predicted octanol–water partition coefficient (Wildman–Crippen LogP) is 1.40. The van der Waals surface area contributed by atoms with Crippen LogP contribution in [0.4, 0.5) is 0 Å². The molecule has 1 atom stereocenters. The summed E-state index contributed by atoms with van der Waals surface area (Å²) in [5.41, 5.74) is 0.277. The highest BCUT2D eigenvalue weighted by Crippen LogP contribution is 2.14. The van der Waals surface area contributed by atoms with Crippen molar-refractivity contribution in [3.8, 4) is 0 Å². The molecule has 6 nitrogen and oxygen atoms in total. The van der Waals surface area contributed by atoms with Crippen molar-refractivity contribution in [2.45, 2.75) is 26.7 Å². The molecule has 7 heteroatoms. The number of nitrogens with zero attached hydrogens (tertiary/aromatic N) is 2. The van der Waals surface area contributed by atoms with Gasteiger partial charge in [-0.15, -0.1) is 5.10 Å². The van der Waals surface area contributed by atoms with E-state index in [1.165, 1.54) is 0 Å². The Balaban J connectivity index is 2.45. The van der Waals surface area contributed by atoms with Gasteiger partial charge in [-0.1, -0.05) is 18.3 Å². The first-order chi connectivity index (χ1) is 8.49. The molecule has 18 heavy (non-hydrogen) atoms. The molecule has 0 aliphatic heterocycles. The van der Waals surface area contributed by atoms with E-state index in [2.05, 4.69) is 14.9 Å². The summed E-state index contributed by atoms with van der Waals surface area (Å²) >= 11 is 1.11. The first-order valence-electron chi connectivity index (χ1n) is 5.76. The van der Waals surface area contributed by atoms with Crippen molar-refractivity contribution >= 4 is 23.4 Å². The number of aromatic nitrogens is 2. The van der Waals surface area contributed by atoms with Crippen molar-refractivity contribution in [2.75, 3.05) is 6.54 Å². The van der Waals surface area contributed by atoms with Gasteiger partial charge in [-0.05, 0) is 29.8 Å². The molecule has 0 radical (unpaired) electrons. The Morgan fingerprint density at radius 2 is 2.22 bits per heavy atom. The molecule has 0 aliphatic carbocycles. The van der Waals surface area contributed by atoms with Crippen molar-refractivity contribution in [3.63, 3.8) is 0 Å². The number of nitrogens with one attached hydrogen (secondary N) is 1. The van der Waals surface area contributed by atoms with Crippen LogP contribution in [0.5, 0.6) is 0 Å². The van der Waals surface area contributed by atoms with Crippen LogP contribution >= 0.6 is 11.5 Å². The standard InChI is InChI=1S/C11H17N3O3S/c1-7(2)3-8(4-10(15)16)5-12-11(17)9-6-18-14-13-9/h6-8H,3-5H2,1-2H3,(H,12,17)(H,15,16). The molecule has 0 spiro atoms. The van der Waals surface area contributed by atoms with Gasteiger partial charge in [-0.2, -0.15) is 0 Å². The van der Waals surface area contributed by atoms with Gasteiger partial charge in [0.05, 0.1) is 0 Å². The fraction of sp³-hybridized carbons (Fsp3) is 0.636. The first-order valence-corrected chi connectivity index (χ1v) is 6.59. The molecule has 100 valence electrons. The molecular weight excluding hydrogens is 254 g/mol. The molecule has 0 bridgehead atoms. The molecule has 1 aromatic heterocycles. The van der Waals surface area contributed by atoms with E-state index in [9.17, 15) is 9.59 Å². The quantitative estimate of drug-likeness (QED) is 0.782.